The van der Waals surface area contributed by atoms with Gasteiger partial charge in [-0.1, -0.05) is 109 Å². The fourth-order valence-corrected chi connectivity index (χ4v) is 8.02. The van der Waals surface area contributed by atoms with Gasteiger partial charge < -0.3 is 4.57 Å². The van der Waals surface area contributed by atoms with Crippen LogP contribution >= 0.6 is 0 Å². The smallest absolute Gasteiger partial charge is 0.162 e. The summed E-state index contributed by atoms with van der Waals surface area (Å²) in [6.07, 6.45) is 0. The second kappa shape index (κ2) is 10.4. The van der Waals surface area contributed by atoms with Crippen LogP contribution in [0.1, 0.15) is 0 Å². The SMILES string of the molecule is c1ccc(-n2c3ccccc3c3c4cc(-c5nc(-n6c7ccccc7c7cc8ccccc8cc76)c6ccccc6n5)ccc4ccc32)cc1. The molecule has 4 heteroatoms. The zero-order valence-electron chi connectivity index (χ0n) is 27.0. The van der Waals surface area contributed by atoms with Crippen molar-refractivity contribution in [3.8, 4) is 22.9 Å². The minimum atomic E-state index is 0.705. The van der Waals surface area contributed by atoms with E-state index in [1.165, 1.54) is 54.1 Å². The van der Waals surface area contributed by atoms with E-state index in [1.54, 1.807) is 0 Å². The molecule has 0 atom stereocenters. The van der Waals surface area contributed by atoms with Gasteiger partial charge in [-0.15, -0.1) is 0 Å². The molecule has 0 unspecified atom stereocenters. The van der Waals surface area contributed by atoms with Crippen molar-refractivity contribution in [3.63, 3.8) is 0 Å². The van der Waals surface area contributed by atoms with E-state index in [-0.39, 0.29) is 0 Å². The molecule has 11 aromatic rings. The van der Waals surface area contributed by atoms with Crippen molar-refractivity contribution >= 4 is 76.1 Å². The fourth-order valence-electron chi connectivity index (χ4n) is 8.02. The van der Waals surface area contributed by atoms with E-state index in [0.717, 1.165) is 39.0 Å². The summed E-state index contributed by atoms with van der Waals surface area (Å²) in [6, 6.07) is 60.7. The molecule has 232 valence electrons. The van der Waals surface area contributed by atoms with Crippen LogP contribution in [-0.4, -0.2) is 19.1 Å². The highest BCUT2D eigenvalue weighted by Crippen LogP contribution is 2.40. The Kier molecular flexibility index (Phi) is 5.63. The zero-order chi connectivity index (χ0) is 32.8. The lowest BCUT2D eigenvalue weighted by atomic mass is 10.0. The molecular formula is C46H28N4. The Hall–Kier alpha value is -6.78. The summed E-state index contributed by atoms with van der Waals surface area (Å²) in [5.74, 6) is 1.59. The van der Waals surface area contributed by atoms with E-state index in [2.05, 4.69) is 179 Å². The van der Waals surface area contributed by atoms with Crippen LogP contribution < -0.4 is 0 Å². The van der Waals surface area contributed by atoms with Crippen molar-refractivity contribution in [2.45, 2.75) is 0 Å². The third-order valence-corrected chi connectivity index (χ3v) is 10.3. The molecule has 11 rings (SSSR count). The standard InChI is InChI=1S/C46H28N4/c1-2-14-33(15-3-1)49-41-21-11-8-18-36(41)44-37-27-32(23-22-29(37)24-25-42(44)49)45-47-39-19-9-6-17-35(39)46(48-45)50-40-20-10-7-16-34(40)38-26-30-12-4-5-13-31(30)28-43(38)50/h1-28H. The summed E-state index contributed by atoms with van der Waals surface area (Å²) in [5, 5.41) is 10.7. The second-order valence-electron chi connectivity index (χ2n) is 13.0. The molecule has 3 aromatic heterocycles. The van der Waals surface area contributed by atoms with E-state index in [4.69, 9.17) is 9.97 Å². The molecule has 0 saturated carbocycles. The monoisotopic (exact) mass is 636 g/mol. The van der Waals surface area contributed by atoms with Crippen LogP contribution in [0.4, 0.5) is 0 Å². The highest BCUT2D eigenvalue weighted by Gasteiger charge is 2.19. The summed E-state index contributed by atoms with van der Waals surface area (Å²) < 4.78 is 4.70. The molecule has 0 aliphatic rings. The molecule has 4 nitrogen and oxygen atoms in total. The first-order chi connectivity index (χ1) is 24.8. The number of rotatable bonds is 3. The maximum atomic E-state index is 5.44. The van der Waals surface area contributed by atoms with Crippen LogP contribution in [0.15, 0.2) is 170 Å². The van der Waals surface area contributed by atoms with Crippen LogP contribution in [0.2, 0.25) is 0 Å². The van der Waals surface area contributed by atoms with E-state index >= 15 is 0 Å². The topological polar surface area (TPSA) is 35.6 Å². The van der Waals surface area contributed by atoms with Crippen LogP contribution in [-0.2, 0) is 0 Å². The van der Waals surface area contributed by atoms with Gasteiger partial charge in [0.25, 0.3) is 0 Å². The van der Waals surface area contributed by atoms with Gasteiger partial charge in [0.15, 0.2) is 5.82 Å². The molecule has 0 amide bonds. The Morgan fingerprint density at radius 2 is 1.02 bits per heavy atom. The normalized spacial score (nSPS) is 12.0. The van der Waals surface area contributed by atoms with Crippen molar-refractivity contribution in [1.82, 2.24) is 19.1 Å². The van der Waals surface area contributed by atoms with Crippen molar-refractivity contribution in [3.05, 3.63) is 170 Å². The van der Waals surface area contributed by atoms with Gasteiger partial charge in [0.05, 0.1) is 27.6 Å². The number of benzene rings is 8. The Morgan fingerprint density at radius 1 is 0.360 bits per heavy atom. The summed E-state index contributed by atoms with van der Waals surface area (Å²) in [7, 11) is 0. The van der Waals surface area contributed by atoms with E-state index in [1.807, 2.05) is 0 Å². The van der Waals surface area contributed by atoms with Crippen LogP contribution in [0.3, 0.4) is 0 Å². The molecule has 8 aromatic carbocycles. The minimum Gasteiger partial charge on any atom is -0.309 e. The summed E-state index contributed by atoms with van der Waals surface area (Å²) in [6.45, 7) is 0. The summed E-state index contributed by atoms with van der Waals surface area (Å²) >= 11 is 0. The molecule has 0 radical (unpaired) electrons. The summed E-state index contributed by atoms with van der Waals surface area (Å²) in [5.41, 5.74) is 7.68. The van der Waals surface area contributed by atoms with Gasteiger partial charge in [-0.3, -0.25) is 4.57 Å². The van der Waals surface area contributed by atoms with Gasteiger partial charge in [0.1, 0.15) is 5.82 Å². The largest absolute Gasteiger partial charge is 0.309 e. The lowest BCUT2D eigenvalue weighted by molar-refractivity contribution is 1.08. The quantitative estimate of drug-likeness (QED) is 0.193. The maximum absolute atomic E-state index is 5.44. The molecule has 0 bridgehead atoms. The second-order valence-corrected chi connectivity index (χ2v) is 13.0. The average molecular weight is 637 g/mol. The molecule has 0 aliphatic carbocycles. The lowest BCUT2D eigenvalue weighted by Gasteiger charge is -2.13. The highest BCUT2D eigenvalue weighted by atomic mass is 15.1. The predicted molar refractivity (Wildman–Crippen MR) is 209 cm³/mol. The van der Waals surface area contributed by atoms with Gasteiger partial charge in [0.2, 0.25) is 0 Å². The van der Waals surface area contributed by atoms with Crippen molar-refractivity contribution < 1.29 is 0 Å². The third-order valence-electron chi connectivity index (χ3n) is 10.3. The van der Waals surface area contributed by atoms with Gasteiger partial charge in [-0.05, 0) is 82.2 Å². The minimum absolute atomic E-state index is 0.705. The third kappa shape index (κ3) is 3.87. The number of para-hydroxylation sites is 4. The molecule has 0 N–H and O–H groups in total. The molecule has 0 spiro atoms. The first kappa shape index (κ1) is 27.2. The highest BCUT2D eigenvalue weighted by molar-refractivity contribution is 6.22. The maximum Gasteiger partial charge on any atom is 0.162 e. The van der Waals surface area contributed by atoms with Crippen molar-refractivity contribution in [2.75, 3.05) is 0 Å². The van der Waals surface area contributed by atoms with Crippen molar-refractivity contribution in [2.24, 2.45) is 0 Å². The predicted octanol–water partition coefficient (Wildman–Crippen LogP) is 11.8. The Morgan fingerprint density at radius 3 is 1.86 bits per heavy atom. The van der Waals surface area contributed by atoms with Crippen LogP contribution in [0.5, 0.6) is 0 Å². The Balaban J connectivity index is 1.21. The van der Waals surface area contributed by atoms with Gasteiger partial charge in [0, 0.05) is 38.2 Å². The van der Waals surface area contributed by atoms with E-state index in [9.17, 15) is 0 Å². The lowest BCUT2D eigenvalue weighted by Crippen LogP contribution is -2.02. The number of hydrogen-bond donors (Lipinski definition) is 0. The molecule has 3 heterocycles. The summed E-state index contributed by atoms with van der Waals surface area (Å²) in [4.78, 5) is 10.6. The van der Waals surface area contributed by atoms with Gasteiger partial charge >= 0.3 is 0 Å². The molecule has 0 saturated heterocycles. The number of hydrogen-bond acceptors (Lipinski definition) is 2. The fraction of sp³-hybridized carbons (Fsp3) is 0. The average Bonchev–Trinajstić information content (AvgIpc) is 3.69. The molecular weight excluding hydrogens is 609 g/mol. The van der Waals surface area contributed by atoms with E-state index < -0.39 is 0 Å². The van der Waals surface area contributed by atoms with E-state index in [0.29, 0.717) is 5.82 Å². The first-order valence-corrected chi connectivity index (χ1v) is 17.0. The van der Waals surface area contributed by atoms with Gasteiger partial charge in [-0.25, -0.2) is 9.97 Å². The van der Waals surface area contributed by atoms with Gasteiger partial charge in [-0.2, -0.15) is 0 Å². The number of fused-ring (bicyclic) bond motifs is 10. The Labute approximate surface area is 287 Å². The zero-order valence-corrected chi connectivity index (χ0v) is 27.0. The van der Waals surface area contributed by atoms with Crippen LogP contribution in [0.25, 0.3) is 99.0 Å². The molecule has 0 aliphatic heterocycles. The Bertz CT molecular complexity index is 3150. The molecule has 50 heavy (non-hydrogen) atoms. The van der Waals surface area contributed by atoms with Crippen LogP contribution in [0, 0.1) is 0 Å². The van der Waals surface area contributed by atoms with Crippen molar-refractivity contribution in [1.29, 1.82) is 0 Å². The molecule has 0 fully saturated rings. The number of aromatic nitrogens is 4. The first-order valence-electron chi connectivity index (χ1n) is 17.0. The number of nitrogens with zero attached hydrogens (tertiary/aromatic N) is 4.